The van der Waals surface area contributed by atoms with Gasteiger partial charge in [-0.25, -0.2) is 4.39 Å². The van der Waals surface area contributed by atoms with Gasteiger partial charge in [-0.05, 0) is 81.0 Å². The molecule has 192 valence electrons. The van der Waals surface area contributed by atoms with Crippen LogP contribution in [0.25, 0.3) is 11.1 Å². The van der Waals surface area contributed by atoms with Crippen molar-refractivity contribution < 1.29 is 13.5 Å². The Kier molecular flexibility index (Phi) is 6.18. The molecular formula is C29H37FN3O2P. The summed E-state index contributed by atoms with van der Waals surface area (Å²) in [4.78, 5) is 4.81. The van der Waals surface area contributed by atoms with E-state index in [4.69, 9.17) is 9.51 Å². The SMILES string of the molecule is CC(C)(C)c1nc(C23CCC(CNc4ccc(F)c(-c5ccc(P(C)(C)=O)cc5)c4)(CC2)CC3)no1. The lowest BCUT2D eigenvalue weighted by atomic mass is 9.53. The summed E-state index contributed by atoms with van der Waals surface area (Å²) in [6.07, 6.45) is 6.63. The Hall–Kier alpha value is -2.46. The van der Waals surface area contributed by atoms with Gasteiger partial charge >= 0.3 is 0 Å². The molecular weight excluding hydrogens is 472 g/mol. The van der Waals surface area contributed by atoms with Gasteiger partial charge in [0.15, 0.2) is 5.82 Å². The topological polar surface area (TPSA) is 68.0 Å². The molecule has 3 aromatic rings. The fourth-order valence-electron chi connectivity index (χ4n) is 5.75. The van der Waals surface area contributed by atoms with Crippen LogP contribution in [0, 0.1) is 11.2 Å². The summed E-state index contributed by atoms with van der Waals surface area (Å²) >= 11 is 0. The molecule has 0 aliphatic heterocycles. The molecule has 0 atom stereocenters. The van der Waals surface area contributed by atoms with Crippen LogP contribution in [0.2, 0.25) is 0 Å². The average Bonchev–Trinajstić information content (AvgIpc) is 3.37. The van der Waals surface area contributed by atoms with Crippen LogP contribution in [-0.4, -0.2) is 30.0 Å². The molecule has 0 unspecified atom stereocenters. The van der Waals surface area contributed by atoms with Crippen LogP contribution in [0.3, 0.4) is 0 Å². The highest BCUT2D eigenvalue weighted by Crippen LogP contribution is 2.57. The highest BCUT2D eigenvalue weighted by atomic mass is 31.2. The summed E-state index contributed by atoms with van der Waals surface area (Å²) in [5.41, 5.74) is 2.44. The fraction of sp³-hybridized carbons (Fsp3) is 0.517. The van der Waals surface area contributed by atoms with E-state index >= 15 is 0 Å². The largest absolute Gasteiger partial charge is 0.384 e. The van der Waals surface area contributed by atoms with E-state index in [2.05, 4.69) is 31.2 Å². The lowest BCUT2D eigenvalue weighted by Gasteiger charge is -2.52. The normalized spacial score (nSPS) is 24.2. The maximum Gasteiger partial charge on any atom is 0.232 e. The van der Waals surface area contributed by atoms with Crippen molar-refractivity contribution in [1.82, 2.24) is 10.1 Å². The lowest BCUT2D eigenvalue weighted by molar-refractivity contribution is 0.0445. The van der Waals surface area contributed by atoms with Crippen LogP contribution in [-0.2, 0) is 15.4 Å². The number of fused-ring (bicyclic) bond motifs is 3. The van der Waals surface area contributed by atoms with Crippen molar-refractivity contribution in [1.29, 1.82) is 0 Å². The molecule has 3 aliphatic carbocycles. The van der Waals surface area contributed by atoms with E-state index in [1.165, 1.54) is 6.07 Å². The third kappa shape index (κ3) is 4.77. The third-order valence-corrected chi connectivity index (χ3v) is 9.92. The summed E-state index contributed by atoms with van der Waals surface area (Å²) in [7, 11) is -2.34. The first-order chi connectivity index (χ1) is 16.9. The number of rotatable bonds is 6. The molecule has 3 fully saturated rings. The van der Waals surface area contributed by atoms with Crippen molar-refractivity contribution in [3.63, 3.8) is 0 Å². The van der Waals surface area contributed by atoms with Crippen LogP contribution in [0.15, 0.2) is 47.0 Å². The van der Waals surface area contributed by atoms with Gasteiger partial charge in [0.2, 0.25) is 5.89 Å². The van der Waals surface area contributed by atoms with Crippen LogP contribution >= 0.6 is 7.14 Å². The number of hydrogen-bond acceptors (Lipinski definition) is 5. The highest BCUT2D eigenvalue weighted by Gasteiger charge is 2.51. The molecule has 0 spiro atoms. The van der Waals surface area contributed by atoms with Gasteiger partial charge < -0.3 is 14.4 Å². The molecule has 2 aromatic carbocycles. The fourth-order valence-corrected chi connectivity index (χ4v) is 6.62. The number of anilines is 1. The summed E-state index contributed by atoms with van der Waals surface area (Å²) in [6, 6.07) is 12.7. The molecule has 7 heteroatoms. The molecule has 0 amide bonds. The van der Waals surface area contributed by atoms with Gasteiger partial charge in [-0.2, -0.15) is 4.98 Å². The van der Waals surface area contributed by atoms with Crippen LogP contribution < -0.4 is 10.6 Å². The van der Waals surface area contributed by atoms with Crippen molar-refractivity contribution in [2.24, 2.45) is 5.41 Å². The minimum absolute atomic E-state index is 0.0465. The molecule has 6 rings (SSSR count). The Morgan fingerprint density at radius 1 is 1.00 bits per heavy atom. The molecule has 0 radical (unpaired) electrons. The molecule has 3 saturated carbocycles. The standard InChI is InChI=1S/C29H37FN3O2P/c1-27(2,3)26-32-25(33-35-26)29-15-12-28(13-16-29,14-17-29)19-31-21-8-11-24(30)23(18-21)20-6-9-22(10-7-20)36(4,5)34/h6-11,18,31H,12-17,19H2,1-5H3. The maximum atomic E-state index is 14.7. The van der Waals surface area contributed by atoms with Crippen molar-refractivity contribution >= 4 is 18.1 Å². The quantitative estimate of drug-likeness (QED) is 0.358. The number of halogens is 1. The monoisotopic (exact) mass is 509 g/mol. The van der Waals surface area contributed by atoms with Crippen molar-refractivity contribution in [3.8, 4) is 11.1 Å². The zero-order chi connectivity index (χ0) is 25.8. The lowest BCUT2D eigenvalue weighted by Crippen LogP contribution is -2.47. The number of hydrogen-bond donors (Lipinski definition) is 1. The first-order valence-corrected chi connectivity index (χ1v) is 15.5. The summed E-state index contributed by atoms with van der Waals surface area (Å²) in [6.45, 7) is 10.7. The van der Waals surface area contributed by atoms with Crippen molar-refractivity contribution in [2.75, 3.05) is 25.2 Å². The summed E-state index contributed by atoms with van der Waals surface area (Å²) in [5.74, 6) is 1.36. The van der Waals surface area contributed by atoms with E-state index in [1.54, 1.807) is 13.3 Å². The second-order valence-electron chi connectivity index (χ2n) is 12.4. The minimum atomic E-state index is -2.34. The van der Waals surface area contributed by atoms with E-state index in [0.717, 1.165) is 73.3 Å². The zero-order valence-electron chi connectivity index (χ0n) is 22.0. The Morgan fingerprint density at radius 2 is 1.64 bits per heavy atom. The van der Waals surface area contributed by atoms with Crippen LogP contribution in [0.1, 0.15) is 71.0 Å². The highest BCUT2D eigenvalue weighted by molar-refractivity contribution is 7.70. The predicted molar refractivity (Wildman–Crippen MR) is 144 cm³/mol. The Balaban J connectivity index is 1.26. The Morgan fingerprint density at radius 3 is 2.19 bits per heavy atom. The number of benzene rings is 2. The van der Waals surface area contributed by atoms with Crippen molar-refractivity contribution in [3.05, 3.63) is 60.0 Å². The number of nitrogens with zero attached hydrogens (tertiary/aromatic N) is 2. The van der Waals surface area contributed by atoms with Gasteiger partial charge in [0.05, 0.1) is 0 Å². The first kappa shape index (κ1) is 25.2. The van der Waals surface area contributed by atoms with Crippen LogP contribution in [0.4, 0.5) is 10.1 Å². The van der Waals surface area contributed by atoms with Gasteiger partial charge in [0, 0.05) is 33.9 Å². The number of nitrogens with one attached hydrogen (secondary N) is 1. The molecule has 1 aromatic heterocycles. The van der Waals surface area contributed by atoms with Gasteiger partial charge in [-0.3, -0.25) is 0 Å². The van der Waals surface area contributed by atoms with Crippen LogP contribution in [0.5, 0.6) is 0 Å². The van der Waals surface area contributed by atoms with Gasteiger partial charge in [0.1, 0.15) is 13.0 Å². The molecule has 2 bridgehead atoms. The molecule has 5 nitrogen and oxygen atoms in total. The second kappa shape index (κ2) is 8.83. The average molecular weight is 510 g/mol. The molecule has 1 heterocycles. The second-order valence-corrected chi connectivity index (χ2v) is 15.6. The molecule has 36 heavy (non-hydrogen) atoms. The summed E-state index contributed by atoms with van der Waals surface area (Å²) < 4.78 is 32.7. The van der Waals surface area contributed by atoms with E-state index in [1.807, 2.05) is 36.4 Å². The van der Waals surface area contributed by atoms with E-state index < -0.39 is 7.14 Å². The molecule has 1 N–H and O–H groups in total. The van der Waals surface area contributed by atoms with Gasteiger partial charge in [-0.15, -0.1) is 0 Å². The minimum Gasteiger partial charge on any atom is -0.384 e. The summed E-state index contributed by atoms with van der Waals surface area (Å²) in [5, 5.41) is 8.83. The molecule has 3 aliphatic rings. The van der Waals surface area contributed by atoms with E-state index in [0.29, 0.717) is 5.56 Å². The number of aromatic nitrogens is 2. The van der Waals surface area contributed by atoms with Gasteiger partial charge in [0.25, 0.3) is 0 Å². The van der Waals surface area contributed by atoms with E-state index in [-0.39, 0.29) is 22.1 Å². The van der Waals surface area contributed by atoms with E-state index in [9.17, 15) is 8.96 Å². The molecule has 0 saturated heterocycles. The zero-order valence-corrected chi connectivity index (χ0v) is 22.9. The Labute approximate surface area is 213 Å². The van der Waals surface area contributed by atoms with Crippen molar-refractivity contribution in [2.45, 2.75) is 70.1 Å². The smallest absolute Gasteiger partial charge is 0.232 e. The van der Waals surface area contributed by atoms with Gasteiger partial charge in [-0.1, -0.05) is 50.2 Å². The first-order valence-electron chi connectivity index (χ1n) is 12.9. The third-order valence-electron chi connectivity index (χ3n) is 8.38. The predicted octanol–water partition coefficient (Wildman–Crippen LogP) is 7.13. The Bertz CT molecular complexity index is 1280. The maximum absolute atomic E-state index is 14.7.